The van der Waals surface area contributed by atoms with E-state index in [-0.39, 0.29) is 17.8 Å². The molecule has 5 nitrogen and oxygen atoms in total. The molecule has 1 aliphatic rings. The Morgan fingerprint density at radius 1 is 1.25 bits per heavy atom. The number of benzene rings is 1. The fourth-order valence-corrected chi connectivity index (χ4v) is 2.91. The normalized spacial score (nSPS) is 17.5. The zero-order chi connectivity index (χ0) is 17.5. The summed E-state index contributed by atoms with van der Waals surface area (Å²) < 4.78 is 12.8. The van der Waals surface area contributed by atoms with Gasteiger partial charge in [0.1, 0.15) is 11.9 Å². The van der Waals surface area contributed by atoms with Crippen molar-refractivity contribution in [3.05, 3.63) is 35.6 Å². The SMILES string of the molecule is CC(C)[C@H](C#N)N1CCN(CC(=O)NCc2ccc(F)cc2)CC1. The van der Waals surface area contributed by atoms with Crippen molar-refractivity contribution < 1.29 is 9.18 Å². The average molecular weight is 332 g/mol. The first-order chi connectivity index (χ1) is 11.5. The minimum Gasteiger partial charge on any atom is -0.351 e. The summed E-state index contributed by atoms with van der Waals surface area (Å²) in [6.45, 7) is 8.07. The molecule has 1 aromatic carbocycles. The lowest BCUT2D eigenvalue weighted by molar-refractivity contribution is -0.122. The van der Waals surface area contributed by atoms with E-state index < -0.39 is 0 Å². The van der Waals surface area contributed by atoms with Gasteiger partial charge in [0.2, 0.25) is 5.91 Å². The van der Waals surface area contributed by atoms with Gasteiger partial charge in [0, 0.05) is 32.7 Å². The van der Waals surface area contributed by atoms with E-state index in [9.17, 15) is 14.4 Å². The van der Waals surface area contributed by atoms with Gasteiger partial charge in [-0.3, -0.25) is 14.6 Å². The number of nitrogens with zero attached hydrogens (tertiary/aromatic N) is 3. The number of amides is 1. The second-order valence-electron chi connectivity index (χ2n) is 6.53. The highest BCUT2D eigenvalue weighted by atomic mass is 19.1. The van der Waals surface area contributed by atoms with Crippen molar-refractivity contribution >= 4 is 5.91 Å². The quantitative estimate of drug-likeness (QED) is 0.860. The molecule has 0 radical (unpaired) electrons. The van der Waals surface area contributed by atoms with Crippen LogP contribution in [-0.4, -0.2) is 54.5 Å². The molecule has 1 saturated heterocycles. The summed E-state index contributed by atoms with van der Waals surface area (Å²) in [6.07, 6.45) is 0. The Balaban J connectivity index is 1.72. The van der Waals surface area contributed by atoms with Crippen molar-refractivity contribution in [1.29, 1.82) is 5.26 Å². The molecule has 130 valence electrons. The van der Waals surface area contributed by atoms with Gasteiger partial charge in [-0.1, -0.05) is 26.0 Å². The zero-order valence-corrected chi connectivity index (χ0v) is 14.3. The number of nitrogens with one attached hydrogen (secondary N) is 1. The Morgan fingerprint density at radius 2 is 1.88 bits per heavy atom. The lowest BCUT2D eigenvalue weighted by Gasteiger charge is -2.37. The molecule has 0 unspecified atom stereocenters. The average Bonchev–Trinajstić information content (AvgIpc) is 2.56. The molecule has 1 heterocycles. The van der Waals surface area contributed by atoms with Gasteiger partial charge in [-0.2, -0.15) is 5.26 Å². The van der Waals surface area contributed by atoms with Crippen LogP contribution in [0.3, 0.4) is 0 Å². The summed E-state index contributed by atoms with van der Waals surface area (Å²) >= 11 is 0. The Kier molecular flexibility index (Phi) is 6.71. The van der Waals surface area contributed by atoms with Crippen LogP contribution in [0.4, 0.5) is 4.39 Å². The van der Waals surface area contributed by atoms with Gasteiger partial charge in [-0.05, 0) is 23.6 Å². The van der Waals surface area contributed by atoms with E-state index in [0.717, 1.165) is 31.7 Å². The molecule has 1 amide bonds. The fraction of sp³-hybridized carbons (Fsp3) is 0.556. The maximum Gasteiger partial charge on any atom is 0.234 e. The first-order valence-electron chi connectivity index (χ1n) is 8.36. The summed E-state index contributed by atoms with van der Waals surface area (Å²) in [5.74, 6) is -0.00551. The van der Waals surface area contributed by atoms with Crippen LogP contribution in [-0.2, 0) is 11.3 Å². The number of carbonyl (C=O) groups is 1. The number of rotatable bonds is 6. The van der Waals surface area contributed by atoms with E-state index in [2.05, 4.69) is 35.0 Å². The highest BCUT2D eigenvalue weighted by Gasteiger charge is 2.26. The molecule has 1 aliphatic heterocycles. The molecule has 1 atom stereocenters. The number of piperazine rings is 1. The van der Waals surface area contributed by atoms with Crippen molar-refractivity contribution in [2.45, 2.75) is 26.4 Å². The Bertz CT molecular complexity index is 574. The second kappa shape index (κ2) is 8.76. The molecule has 24 heavy (non-hydrogen) atoms. The molecule has 0 spiro atoms. The summed E-state index contributed by atoms with van der Waals surface area (Å²) in [6, 6.07) is 8.43. The monoisotopic (exact) mass is 332 g/mol. The maximum absolute atomic E-state index is 12.8. The topological polar surface area (TPSA) is 59.4 Å². The molecule has 0 bridgehead atoms. The van der Waals surface area contributed by atoms with E-state index in [1.165, 1.54) is 12.1 Å². The third-order valence-corrected chi connectivity index (χ3v) is 4.33. The number of hydrogen-bond donors (Lipinski definition) is 1. The minimum atomic E-state index is -0.278. The minimum absolute atomic E-state index is 0.0338. The largest absolute Gasteiger partial charge is 0.351 e. The Morgan fingerprint density at radius 3 is 2.42 bits per heavy atom. The Labute approximate surface area is 143 Å². The van der Waals surface area contributed by atoms with Crippen LogP contribution < -0.4 is 5.32 Å². The van der Waals surface area contributed by atoms with E-state index in [0.29, 0.717) is 19.0 Å². The van der Waals surface area contributed by atoms with Crippen LogP contribution in [0.25, 0.3) is 0 Å². The van der Waals surface area contributed by atoms with Crippen LogP contribution in [0.5, 0.6) is 0 Å². The molecular weight excluding hydrogens is 307 g/mol. The summed E-state index contributed by atoms with van der Waals surface area (Å²) in [5.41, 5.74) is 0.878. The van der Waals surface area contributed by atoms with E-state index in [4.69, 9.17) is 0 Å². The van der Waals surface area contributed by atoms with Crippen molar-refractivity contribution in [3.8, 4) is 6.07 Å². The van der Waals surface area contributed by atoms with Gasteiger partial charge in [0.15, 0.2) is 0 Å². The molecule has 0 aliphatic carbocycles. The van der Waals surface area contributed by atoms with Gasteiger partial charge in [-0.15, -0.1) is 0 Å². The maximum atomic E-state index is 12.8. The predicted octanol–water partition coefficient (Wildman–Crippen LogP) is 1.61. The van der Waals surface area contributed by atoms with Crippen LogP contribution >= 0.6 is 0 Å². The number of carbonyl (C=O) groups excluding carboxylic acids is 1. The number of nitriles is 1. The van der Waals surface area contributed by atoms with Crippen LogP contribution in [0.15, 0.2) is 24.3 Å². The molecule has 1 N–H and O–H groups in total. The fourth-order valence-electron chi connectivity index (χ4n) is 2.91. The summed E-state index contributed by atoms with van der Waals surface area (Å²) in [5, 5.41) is 12.1. The lowest BCUT2D eigenvalue weighted by atomic mass is 10.0. The standard InChI is InChI=1S/C18H25FN4O/c1-14(2)17(11-20)23-9-7-22(8-10-23)13-18(24)21-12-15-3-5-16(19)6-4-15/h3-6,14,17H,7-10,12-13H2,1-2H3,(H,21,24)/t17-/m0/s1. The molecule has 0 aromatic heterocycles. The lowest BCUT2D eigenvalue weighted by Crippen LogP contribution is -2.53. The van der Waals surface area contributed by atoms with Gasteiger partial charge in [-0.25, -0.2) is 4.39 Å². The first-order valence-corrected chi connectivity index (χ1v) is 8.36. The van der Waals surface area contributed by atoms with Gasteiger partial charge in [0.05, 0.1) is 12.6 Å². The van der Waals surface area contributed by atoms with Gasteiger partial charge < -0.3 is 5.32 Å². The van der Waals surface area contributed by atoms with Gasteiger partial charge in [0.25, 0.3) is 0 Å². The number of hydrogen-bond acceptors (Lipinski definition) is 4. The van der Waals surface area contributed by atoms with E-state index >= 15 is 0 Å². The molecule has 1 aromatic rings. The molecular formula is C18H25FN4O. The summed E-state index contributed by atoms with van der Waals surface area (Å²) in [4.78, 5) is 16.3. The van der Waals surface area contributed by atoms with Crippen LogP contribution in [0.2, 0.25) is 0 Å². The highest BCUT2D eigenvalue weighted by Crippen LogP contribution is 2.13. The smallest absolute Gasteiger partial charge is 0.234 e. The summed E-state index contributed by atoms with van der Waals surface area (Å²) in [7, 11) is 0. The van der Waals surface area contributed by atoms with E-state index in [1.54, 1.807) is 12.1 Å². The third kappa shape index (κ3) is 5.29. The van der Waals surface area contributed by atoms with Crippen LogP contribution in [0.1, 0.15) is 19.4 Å². The van der Waals surface area contributed by atoms with Gasteiger partial charge >= 0.3 is 0 Å². The van der Waals surface area contributed by atoms with E-state index in [1.807, 2.05) is 0 Å². The van der Waals surface area contributed by atoms with Crippen molar-refractivity contribution in [2.24, 2.45) is 5.92 Å². The first kappa shape index (κ1) is 18.4. The van der Waals surface area contributed by atoms with Crippen LogP contribution in [0, 0.1) is 23.1 Å². The second-order valence-corrected chi connectivity index (χ2v) is 6.53. The predicted molar refractivity (Wildman–Crippen MR) is 90.5 cm³/mol. The zero-order valence-electron chi connectivity index (χ0n) is 14.3. The molecule has 6 heteroatoms. The third-order valence-electron chi connectivity index (χ3n) is 4.33. The van der Waals surface area contributed by atoms with Crippen molar-refractivity contribution in [1.82, 2.24) is 15.1 Å². The molecule has 1 fully saturated rings. The molecule has 2 rings (SSSR count). The number of halogens is 1. The highest BCUT2D eigenvalue weighted by molar-refractivity contribution is 5.78. The molecule has 0 saturated carbocycles. The Hall–Kier alpha value is -1.97. The van der Waals surface area contributed by atoms with Crippen molar-refractivity contribution in [2.75, 3.05) is 32.7 Å². The van der Waals surface area contributed by atoms with Crippen molar-refractivity contribution in [3.63, 3.8) is 0 Å².